The van der Waals surface area contributed by atoms with E-state index in [4.69, 9.17) is 4.74 Å². The maximum absolute atomic E-state index is 5.33. The summed E-state index contributed by atoms with van der Waals surface area (Å²) in [6, 6.07) is 0. The Labute approximate surface area is 130 Å². The summed E-state index contributed by atoms with van der Waals surface area (Å²) in [4.78, 5) is 7.23. The third kappa shape index (κ3) is 9.69. The van der Waals surface area contributed by atoms with Crippen LogP contribution < -0.4 is 10.6 Å². The summed E-state index contributed by atoms with van der Waals surface area (Å²) in [6.07, 6.45) is 6.68. The molecule has 0 saturated carbocycles. The van der Waals surface area contributed by atoms with E-state index in [0.29, 0.717) is 0 Å². The molecule has 1 heterocycles. The lowest BCUT2D eigenvalue weighted by Gasteiger charge is -2.19. The van der Waals surface area contributed by atoms with Crippen LogP contribution in [0.25, 0.3) is 0 Å². The molecule has 21 heavy (non-hydrogen) atoms. The molecular weight excluding hydrogens is 264 g/mol. The molecule has 0 bridgehead atoms. The Morgan fingerprint density at radius 3 is 2.52 bits per heavy atom. The van der Waals surface area contributed by atoms with Gasteiger partial charge in [-0.05, 0) is 52.7 Å². The van der Waals surface area contributed by atoms with Crippen molar-refractivity contribution in [1.29, 1.82) is 0 Å². The standard InChI is InChI=1S/C16H34N4O/c1-3-17-16(19-11-15-21-4-2)18-10-9-14-20-12-7-5-6-8-13-20/h3-15H2,1-2H3,(H2,17,18,19). The molecule has 2 N–H and O–H groups in total. The van der Waals surface area contributed by atoms with Gasteiger partial charge in [0.2, 0.25) is 0 Å². The van der Waals surface area contributed by atoms with Gasteiger partial charge in [-0.3, -0.25) is 4.99 Å². The van der Waals surface area contributed by atoms with Crippen LogP contribution in [-0.4, -0.2) is 63.3 Å². The first kappa shape index (κ1) is 18.2. The number of rotatable bonds is 9. The molecule has 1 saturated heterocycles. The van der Waals surface area contributed by atoms with Crippen LogP contribution in [-0.2, 0) is 4.74 Å². The summed E-state index contributed by atoms with van der Waals surface area (Å²) < 4.78 is 5.33. The number of aliphatic imine (C=N–C) groups is 1. The van der Waals surface area contributed by atoms with Crippen molar-refractivity contribution in [3.05, 3.63) is 0 Å². The van der Waals surface area contributed by atoms with Crippen LogP contribution in [0.5, 0.6) is 0 Å². The Hall–Kier alpha value is -0.810. The molecule has 5 nitrogen and oxygen atoms in total. The molecule has 1 rings (SSSR count). The fourth-order valence-electron chi connectivity index (χ4n) is 2.57. The Balaban J connectivity index is 2.16. The minimum absolute atomic E-state index is 0.731. The van der Waals surface area contributed by atoms with Crippen LogP contribution in [0, 0.1) is 0 Å². The highest BCUT2D eigenvalue weighted by atomic mass is 16.5. The van der Waals surface area contributed by atoms with Crippen molar-refractivity contribution >= 4 is 5.96 Å². The van der Waals surface area contributed by atoms with Gasteiger partial charge in [-0.2, -0.15) is 0 Å². The first-order valence-electron chi connectivity index (χ1n) is 8.69. The quantitative estimate of drug-likeness (QED) is 0.387. The van der Waals surface area contributed by atoms with Gasteiger partial charge in [0.25, 0.3) is 0 Å². The van der Waals surface area contributed by atoms with Crippen LogP contribution in [0.2, 0.25) is 0 Å². The number of ether oxygens (including phenoxy) is 1. The smallest absolute Gasteiger partial charge is 0.191 e. The van der Waals surface area contributed by atoms with E-state index in [2.05, 4.69) is 27.4 Å². The number of likely N-dealkylation sites (tertiary alicyclic amines) is 1. The second-order valence-corrected chi connectivity index (χ2v) is 5.49. The van der Waals surface area contributed by atoms with Crippen LogP contribution in [0.1, 0.15) is 46.0 Å². The highest BCUT2D eigenvalue weighted by Crippen LogP contribution is 2.09. The van der Waals surface area contributed by atoms with Gasteiger partial charge < -0.3 is 20.3 Å². The molecule has 0 aromatic carbocycles. The van der Waals surface area contributed by atoms with Crippen molar-refractivity contribution in [3.8, 4) is 0 Å². The summed E-state index contributed by atoms with van der Waals surface area (Å²) >= 11 is 0. The van der Waals surface area contributed by atoms with Gasteiger partial charge in [0.05, 0.1) is 6.61 Å². The van der Waals surface area contributed by atoms with Crippen molar-refractivity contribution in [2.45, 2.75) is 46.0 Å². The Morgan fingerprint density at radius 2 is 1.86 bits per heavy atom. The second-order valence-electron chi connectivity index (χ2n) is 5.49. The topological polar surface area (TPSA) is 48.9 Å². The number of nitrogens with zero attached hydrogens (tertiary/aromatic N) is 2. The lowest BCUT2D eigenvalue weighted by atomic mass is 10.2. The van der Waals surface area contributed by atoms with Crippen LogP contribution in [0.3, 0.4) is 0 Å². The number of nitrogens with one attached hydrogen (secondary N) is 2. The van der Waals surface area contributed by atoms with Crippen molar-refractivity contribution in [3.63, 3.8) is 0 Å². The van der Waals surface area contributed by atoms with Crippen molar-refractivity contribution in [2.75, 3.05) is 52.5 Å². The predicted molar refractivity (Wildman–Crippen MR) is 90.0 cm³/mol. The summed E-state index contributed by atoms with van der Waals surface area (Å²) in [6.45, 7) is 11.9. The molecular formula is C16H34N4O. The zero-order valence-corrected chi connectivity index (χ0v) is 14.0. The number of hydrogen-bond donors (Lipinski definition) is 2. The Kier molecular flexibility index (Phi) is 11.2. The van der Waals surface area contributed by atoms with E-state index in [1.807, 2.05) is 6.92 Å². The normalized spacial score (nSPS) is 17.5. The lowest BCUT2D eigenvalue weighted by Crippen LogP contribution is -2.39. The molecule has 0 spiro atoms. The highest BCUT2D eigenvalue weighted by molar-refractivity contribution is 5.79. The van der Waals surface area contributed by atoms with Crippen LogP contribution in [0.15, 0.2) is 4.99 Å². The summed E-state index contributed by atoms with van der Waals surface area (Å²) in [5.74, 6) is 0.910. The number of hydrogen-bond acceptors (Lipinski definition) is 3. The highest BCUT2D eigenvalue weighted by Gasteiger charge is 2.07. The molecule has 124 valence electrons. The van der Waals surface area contributed by atoms with E-state index in [1.165, 1.54) is 45.3 Å². The maximum Gasteiger partial charge on any atom is 0.191 e. The van der Waals surface area contributed by atoms with Crippen LogP contribution in [0.4, 0.5) is 0 Å². The summed E-state index contributed by atoms with van der Waals surface area (Å²) in [5, 5.41) is 6.58. The van der Waals surface area contributed by atoms with Gasteiger partial charge in [-0.15, -0.1) is 0 Å². The molecule has 0 aromatic rings. The molecule has 0 aromatic heterocycles. The molecule has 1 fully saturated rings. The van der Waals surface area contributed by atoms with Gasteiger partial charge in [0, 0.05) is 26.2 Å². The van der Waals surface area contributed by atoms with Gasteiger partial charge in [0.15, 0.2) is 5.96 Å². The van der Waals surface area contributed by atoms with Crippen molar-refractivity contribution in [2.24, 2.45) is 4.99 Å². The molecule has 0 aliphatic carbocycles. The Morgan fingerprint density at radius 1 is 1.10 bits per heavy atom. The third-order valence-electron chi connectivity index (χ3n) is 3.69. The van der Waals surface area contributed by atoms with E-state index >= 15 is 0 Å². The molecule has 0 amide bonds. The molecule has 0 unspecified atom stereocenters. The summed E-state index contributed by atoms with van der Waals surface area (Å²) in [5.41, 5.74) is 0. The van der Waals surface area contributed by atoms with E-state index in [9.17, 15) is 0 Å². The van der Waals surface area contributed by atoms with E-state index in [1.54, 1.807) is 0 Å². The van der Waals surface area contributed by atoms with Gasteiger partial charge in [-0.25, -0.2) is 0 Å². The zero-order valence-electron chi connectivity index (χ0n) is 14.0. The second kappa shape index (κ2) is 12.9. The van der Waals surface area contributed by atoms with E-state index in [-0.39, 0.29) is 0 Å². The molecule has 1 aliphatic rings. The minimum Gasteiger partial charge on any atom is -0.380 e. The lowest BCUT2D eigenvalue weighted by molar-refractivity contribution is 0.152. The number of guanidine groups is 1. The first-order chi connectivity index (χ1) is 10.4. The SMILES string of the molecule is CCNC(=NCCCN1CCCCCC1)NCCOCC. The maximum atomic E-state index is 5.33. The molecule has 0 atom stereocenters. The fraction of sp³-hybridized carbons (Fsp3) is 0.938. The van der Waals surface area contributed by atoms with Crippen molar-refractivity contribution < 1.29 is 4.74 Å². The van der Waals surface area contributed by atoms with E-state index < -0.39 is 0 Å². The monoisotopic (exact) mass is 298 g/mol. The van der Waals surface area contributed by atoms with Gasteiger partial charge in [-0.1, -0.05) is 12.8 Å². The van der Waals surface area contributed by atoms with Crippen molar-refractivity contribution in [1.82, 2.24) is 15.5 Å². The summed E-state index contributed by atoms with van der Waals surface area (Å²) in [7, 11) is 0. The molecule has 0 radical (unpaired) electrons. The Bertz CT molecular complexity index is 263. The first-order valence-corrected chi connectivity index (χ1v) is 8.69. The minimum atomic E-state index is 0.731. The van der Waals surface area contributed by atoms with E-state index in [0.717, 1.165) is 45.2 Å². The fourth-order valence-corrected chi connectivity index (χ4v) is 2.57. The zero-order chi connectivity index (χ0) is 15.2. The molecule has 1 aliphatic heterocycles. The molecule has 5 heteroatoms. The average Bonchev–Trinajstić information content (AvgIpc) is 2.76. The van der Waals surface area contributed by atoms with Crippen LogP contribution >= 0.6 is 0 Å². The average molecular weight is 298 g/mol. The predicted octanol–water partition coefficient (Wildman–Crippen LogP) is 1.84. The van der Waals surface area contributed by atoms with Gasteiger partial charge >= 0.3 is 0 Å². The van der Waals surface area contributed by atoms with Gasteiger partial charge in [0.1, 0.15) is 0 Å². The largest absolute Gasteiger partial charge is 0.380 e. The third-order valence-corrected chi connectivity index (χ3v) is 3.69.